The normalized spacial score (nSPS) is 47.6. The summed E-state index contributed by atoms with van der Waals surface area (Å²) in [7, 11) is 0. The van der Waals surface area contributed by atoms with Crippen LogP contribution in [0.3, 0.4) is 0 Å². The van der Waals surface area contributed by atoms with Crippen LogP contribution in [0.1, 0.15) is 20.3 Å². The van der Waals surface area contributed by atoms with E-state index in [0.29, 0.717) is 6.42 Å². The molecular formula is C10H16O3. The summed E-state index contributed by atoms with van der Waals surface area (Å²) in [6.07, 6.45) is 1.96. The van der Waals surface area contributed by atoms with Gasteiger partial charge in [0.15, 0.2) is 5.79 Å². The maximum absolute atomic E-state index is 9.68. The second-order valence-electron chi connectivity index (χ2n) is 4.27. The monoisotopic (exact) mass is 184 g/mol. The van der Waals surface area contributed by atoms with Crippen LogP contribution < -0.4 is 0 Å². The van der Waals surface area contributed by atoms with Crippen molar-refractivity contribution >= 4 is 0 Å². The van der Waals surface area contributed by atoms with E-state index in [0.717, 1.165) is 0 Å². The van der Waals surface area contributed by atoms with Crippen LogP contribution in [0.15, 0.2) is 12.7 Å². The highest BCUT2D eigenvalue weighted by Gasteiger charge is 2.52. The van der Waals surface area contributed by atoms with E-state index in [1.807, 2.05) is 19.9 Å². The van der Waals surface area contributed by atoms with Crippen molar-refractivity contribution in [2.45, 2.75) is 44.4 Å². The second kappa shape index (κ2) is 2.80. The topological polar surface area (TPSA) is 38.7 Å². The first kappa shape index (κ1) is 9.19. The lowest BCUT2D eigenvalue weighted by molar-refractivity contribution is -0.164. The minimum absolute atomic E-state index is 0.0116. The van der Waals surface area contributed by atoms with Gasteiger partial charge in [-0.05, 0) is 20.3 Å². The number of hydrogen-bond acceptors (Lipinski definition) is 3. The lowest BCUT2D eigenvalue weighted by Gasteiger charge is -2.20. The van der Waals surface area contributed by atoms with Crippen LogP contribution in [-0.4, -0.2) is 29.2 Å². The van der Waals surface area contributed by atoms with E-state index in [9.17, 15) is 5.11 Å². The molecule has 1 heterocycles. The summed E-state index contributed by atoms with van der Waals surface area (Å²) in [5.41, 5.74) is 0. The molecule has 1 aliphatic heterocycles. The van der Waals surface area contributed by atoms with E-state index < -0.39 is 11.9 Å². The van der Waals surface area contributed by atoms with Crippen molar-refractivity contribution in [3.05, 3.63) is 12.7 Å². The molecule has 2 aliphatic rings. The molecule has 1 aliphatic carbocycles. The highest BCUT2D eigenvalue weighted by molar-refractivity contribution is 5.03. The fourth-order valence-corrected chi connectivity index (χ4v) is 2.22. The molecule has 0 unspecified atom stereocenters. The van der Waals surface area contributed by atoms with Gasteiger partial charge in [-0.2, -0.15) is 0 Å². The van der Waals surface area contributed by atoms with Gasteiger partial charge in [0.2, 0.25) is 0 Å². The van der Waals surface area contributed by atoms with Gasteiger partial charge in [0.1, 0.15) is 6.10 Å². The van der Waals surface area contributed by atoms with Gasteiger partial charge in [-0.1, -0.05) is 6.08 Å². The van der Waals surface area contributed by atoms with Crippen molar-refractivity contribution in [1.82, 2.24) is 0 Å². The first-order chi connectivity index (χ1) is 6.03. The molecule has 2 fully saturated rings. The fraction of sp³-hybridized carbons (Fsp3) is 0.800. The molecule has 1 saturated carbocycles. The van der Waals surface area contributed by atoms with Gasteiger partial charge in [0.25, 0.3) is 0 Å². The zero-order chi connectivity index (χ0) is 9.64. The molecule has 0 aromatic carbocycles. The Bertz CT molecular complexity index is 224. The summed E-state index contributed by atoms with van der Waals surface area (Å²) in [5.74, 6) is -0.334. The molecular weight excluding hydrogens is 168 g/mol. The molecule has 0 radical (unpaired) electrons. The maximum atomic E-state index is 9.68. The van der Waals surface area contributed by atoms with E-state index in [2.05, 4.69) is 6.58 Å². The Morgan fingerprint density at radius 3 is 2.62 bits per heavy atom. The quantitative estimate of drug-likeness (QED) is 0.620. The van der Waals surface area contributed by atoms with Crippen LogP contribution >= 0.6 is 0 Å². The summed E-state index contributed by atoms with van der Waals surface area (Å²) < 4.78 is 11.3. The average Bonchev–Trinajstić information content (AvgIpc) is 2.47. The Balaban J connectivity index is 2.17. The predicted molar refractivity (Wildman–Crippen MR) is 48.1 cm³/mol. The van der Waals surface area contributed by atoms with E-state index in [-0.39, 0.29) is 18.1 Å². The number of fused-ring (bicyclic) bond motifs is 1. The van der Waals surface area contributed by atoms with E-state index in [1.165, 1.54) is 0 Å². The molecule has 0 spiro atoms. The van der Waals surface area contributed by atoms with Gasteiger partial charge in [0, 0.05) is 5.92 Å². The van der Waals surface area contributed by atoms with Gasteiger partial charge in [0.05, 0.1) is 12.2 Å². The zero-order valence-corrected chi connectivity index (χ0v) is 8.06. The van der Waals surface area contributed by atoms with Gasteiger partial charge < -0.3 is 14.6 Å². The molecule has 0 amide bonds. The minimum atomic E-state index is -0.558. The van der Waals surface area contributed by atoms with E-state index >= 15 is 0 Å². The zero-order valence-electron chi connectivity index (χ0n) is 8.06. The molecule has 4 atom stereocenters. The molecule has 0 bridgehead atoms. The van der Waals surface area contributed by atoms with Crippen molar-refractivity contribution in [3.8, 4) is 0 Å². The number of hydrogen-bond donors (Lipinski definition) is 1. The SMILES string of the molecule is C=C[C@@H]1C[C@@H](O)[C@H]2OC(C)(C)O[C@H]21. The fourth-order valence-electron chi connectivity index (χ4n) is 2.22. The molecule has 1 N–H and O–H groups in total. The molecule has 3 heteroatoms. The highest BCUT2D eigenvalue weighted by Crippen LogP contribution is 2.41. The third-order valence-corrected chi connectivity index (χ3v) is 2.78. The van der Waals surface area contributed by atoms with Crippen molar-refractivity contribution in [3.63, 3.8) is 0 Å². The Labute approximate surface area is 78.3 Å². The first-order valence-electron chi connectivity index (χ1n) is 4.70. The summed E-state index contributed by atoms with van der Waals surface area (Å²) in [6.45, 7) is 7.49. The van der Waals surface area contributed by atoms with Gasteiger partial charge in [-0.25, -0.2) is 0 Å². The lowest BCUT2D eigenvalue weighted by Crippen LogP contribution is -2.28. The van der Waals surface area contributed by atoms with Gasteiger partial charge >= 0.3 is 0 Å². The first-order valence-corrected chi connectivity index (χ1v) is 4.70. The summed E-state index contributed by atoms with van der Waals surface area (Å²) in [5, 5.41) is 9.68. The van der Waals surface area contributed by atoms with Crippen molar-refractivity contribution in [2.75, 3.05) is 0 Å². The molecule has 0 aromatic heterocycles. The van der Waals surface area contributed by atoms with Crippen LogP contribution in [0.5, 0.6) is 0 Å². The Morgan fingerprint density at radius 1 is 1.38 bits per heavy atom. The smallest absolute Gasteiger partial charge is 0.163 e. The molecule has 13 heavy (non-hydrogen) atoms. The summed E-state index contributed by atoms with van der Waals surface area (Å²) in [4.78, 5) is 0. The van der Waals surface area contributed by atoms with Crippen molar-refractivity contribution in [2.24, 2.45) is 5.92 Å². The predicted octanol–water partition coefficient (Wildman–Crippen LogP) is 1.07. The van der Waals surface area contributed by atoms with Gasteiger partial charge in [-0.3, -0.25) is 0 Å². The third-order valence-electron chi connectivity index (χ3n) is 2.78. The Morgan fingerprint density at radius 2 is 2.00 bits per heavy atom. The van der Waals surface area contributed by atoms with E-state index in [1.54, 1.807) is 0 Å². The van der Waals surface area contributed by atoms with E-state index in [4.69, 9.17) is 9.47 Å². The molecule has 74 valence electrons. The van der Waals surface area contributed by atoms with Crippen molar-refractivity contribution in [1.29, 1.82) is 0 Å². The van der Waals surface area contributed by atoms with Crippen LogP contribution in [-0.2, 0) is 9.47 Å². The molecule has 0 aromatic rings. The van der Waals surface area contributed by atoms with Crippen LogP contribution in [0, 0.1) is 5.92 Å². The lowest BCUT2D eigenvalue weighted by atomic mass is 10.1. The number of aliphatic hydroxyl groups excluding tert-OH is 1. The Hall–Kier alpha value is -0.380. The van der Waals surface area contributed by atoms with Crippen LogP contribution in [0.2, 0.25) is 0 Å². The summed E-state index contributed by atoms with van der Waals surface area (Å²) in [6, 6.07) is 0. The summed E-state index contributed by atoms with van der Waals surface area (Å²) >= 11 is 0. The van der Waals surface area contributed by atoms with Crippen LogP contribution in [0.4, 0.5) is 0 Å². The molecule has 3 nitrogen and oxygen atoms in total. The number of rotatable bonds is 1. The maximum Gasteiger partial charge on any atom is 0.163 e. The average molecular weight is 184 g/mol. The highest BCUT2D eigenvalue weighted by atomic mass is 16.8. The number of ether oxygens (including phenoxy) is 2. The van der Waals surface area contributed by atoms with Crippen molar-refractivity contribution < 1.29 is 14.6 Å². The third kappa shape index (κ3) is 1.41. The largest absolute Gasteiger partial charge is 0.390 e. The second-order valence-corrected chi connectivity index (χ2v) is 4.27. The standard InChI is InChI=1S/C10H16O3/c1-4-6-5-7(11)9-8(6)12-10(2,3)13-9/h4,6-9,11H,1,5H2,2-3H3/t6-,7-,8+,9-/m1/s1. The van der Waals surface area contributed by atoms with Gasteiger partial charge in [-0.15, -0.1) is 6.58 Å². The Kier molecular flexibility index (Phi) is 1.98. The molecule has 2 rings (SSSR count). The molecule has 1 saturated heterocycles. The van der Waals surface area contributed by atoms with Crippen LogP contribution in [0.25, 0.3) is 0 Å². The minimum Gasteiger partial charge on any atom is -0.390 e. The number of aliphatic hydroxyl groups is 1.